The normalized spacial score (nSPS) is 18.9. The van der Waals surface area contributed by atoms with Crippen LogP contribution in [0, 0.1) is 5.92 Å². The molecular weight excluding hydrogens is 262 g/mol. The molecule has 1 aliphatic rings. The van der Waals surface area contributed by atoms with Crippen LogP contribution in [0.15, 0.2) is 3.92 Å². The van der Waals surface area contributed by atoms with E-state index in [0.29, 0.717) is 0 Å². The van der Waals surface area contributed by atoms with Crippen molar-refractivity contribution in [3.05, 3.63) is 3.92 Å². The van der Waals surface area contributed by atoms with Gasteiger partial charge in [-0.15, -0.1) is 10.2 Å². The largest absolute Gasteiger partial charge is 0.347 e. The van der Waals surface area contributed by atoms with Gasteiger partial charge in [0.05, 0.1) is 0 Å². The van der Waals surface area contributed by atoms with Gasteiger partial charge in [0.1, 0.15) is 0 Å². The molecule has 2 rings (SSSR count). The van der Waals surface area contributed by atoms with Crippen LogP contribution in [-0.4, -0.2) is 23.3 Å². The maximum absolute atomic E-state index is 4.14. The number of aromatic nitrogens is 2. The Morgan fingerprint density at radius 2 is 2.14 bits per heavy atom. The van der Waals surface area contributed by atoms with Crippen molar-refractivity contribution in [1.29, 1.82) is 0 Å². The molecule has 0 spiro atoms. The average molecular weight is 276 g/mol. The molecule has 14 heavy (non-hydrogen) atoms. The summed E-state index contributed by atoms with van der Waals surface area (Å²) < 4.78 is 0.880. The lowest BCUT2D eigenvalue weighted by Crippen LogP contribution is -2.33. The molecule has 0 saturated carbocycles. The minimum atomic E-state index is 0.880. The van der Waals surface area contributed by atoms with E-state index in [-0.39, 0.29) is 0 Å². The van der Waals surface area contributed by atoms with Gasteiger partial charge >= 0.3 is 0 Å². The fourth-order valence-corrected chi connectivity index (χ4v) is 3.00. The molecule has 0 atom stereocenters. The summed E-state index contributed by atoms with van der Waals surface area (Å²) in [5.41, 5.74) is 0. The zero-order valence-corrected chi connectivity index (χ0v) is 10.6. The van der Waals surface area contributed by atoms with Crippen LogP contribution in [0.3, 0.4) is 0 Å². The molecule has 0 aromatic carbocycles. The molecule has 2 heterocycles. The summed E-state index contributed by atoms with van der Waals surface area (Å²) in [5, 5.41) is 9.17. The Balaban J connectivity index is 1.95. The van der Waals surface area contributed by atoms with E-state index in [9.17, 15) is 0 Å². The minimum absolute atomic E-state index is 0.880. The fourth-order valence-electron chi connectivity index (χ4n) is 1.86. The van der Waals surface area contributed by atoms with Crippen molar-refractivity contribution in [2.75, 3.05) is 18.0 Å². The number of halogens is 1. The molecule has 1 saturated heterocycles. The highest BCUT2D eigenvalue weighted by molar-refractivity contribution is 9.11. The maximum atomic E-state index is 4.14. The minimum Gasteiger partial charge on any atom is -0.347 e. The summed E-state index contributed by atoms with van der Waals surface area (Å²) in [4.78, 5) is 2.34. The molecule has 3 nitrogen and oxygen atoms in total. The first-order valence-electron chi connectivity index (χ1n) is 5.03. The first-order chi connectivity index (χ1) is 6.79. The van der Waals surface area contributed by atoms with E-state index < -0.39 is 0 Å². The SMILES string of the molecule is CCC1CCN(c2nnc(Br)s2)CC1. The quantitative estimate of drug-likeness (QED) is 0.831. The number of rotatable bonds is 2. The zero-order valence-electron chi connectivity index (χ0n) is 8.24. The van der Waals surface area contributed by atoms with Crippen molar-refractivity contribution in [2.45, 2.75) is 26.2 Å². The average Bonchev–Trinajstić information content (AvgIpc) is 2.65. The number of nitrogens with zero attached hydrogens (tertiary/aromatic N) is 3. The zero-order chi connectivity index (χ0) is 9.97. The highest BCUT2D eigenvalue weighted by Gasteiger charge is 2.20. The van der Waals surface area contributed by atoms with Crippen molar-refractivity contribution in [3.8, 4) is 0 Å². The van der Waals surface area contributed by atoms with E-state index in [2.05, 4.69) is 38.0 Å². The molecule has 0 unspecified atom stereocenters. The third-order valence-electron chi connectivity index (χ3n) is 2.85. The van der Waals surface area contributed by atoms with Crippen LogP contribution in [-0.2, 0) is 0 Å². The number of piperidine rings is 1. The highest BCUT2D eigenvalue weighted by Crippen LogP contribution is 2.28. The van der Waals surface area contributed by atoms with Crippen LogP contribution >= 0.6 is 27.3 Å². The molecular formula is C9H14BrN3S. The summed E-state index contributed by atoms with van der Waals surface area (Å²) in [7, 11) is 0. The fraction of sp³-hybridized carbons (Fsp3) is 0.778. The second-order valence-corrected chi connectivity index (χ2v) is 5.91. The summed E-state index contributed by atoms with van der Waals surface area (Å²) in [6, 6.07) is 0. The molecule has 0 N–H and O–H groups in total. The van der Waals surface area contributed by atoms with Crippen LogP contribution in [0.2, 0.25) is 0 Å². The first kappa shape index (κ1) is 10.4. The lowest BCUT2D eigenvalue weighted by molar-refractivity contribution is 0.394. The first-order valence-corrected chi connectivity index (χ1v) is 6.64. The third kappa shape index (κ3) is 2.25. The predicted octanol–water partition coefficient (Wildman–Crippen LogP) is 2.93. The lowest BCUT2D eigenvalue weighted by atomic mass is 9.95. The van der Waals surface area contributed by atoms with Crippen LogP contribution < -0.4 is 4.90 Å². The van der Waals surface area contributed by atoms with Gasteiger partial charge in [-0.1, -0.05) is 24.7 Å². The van der Waals surface area contributed by atoms with Crippen LogP contribution in [0.1, 0.15) is 26.2 Å². The molecule has 0 bridgehead atoms. The summed E-state index contributed by atoms with van der Waals surface area (Å²) in [5.74, 6) is 0.919. The van der Waals surface area contributed by atoms with Gasteiger partial charge in [0, 0.05) is 13.1 Å². The smallest absolute Gasteiger partial charge is 0.209 e. The molecule has 1 aliphatic heterocycles. The maximum Gasteiger partial charge on any atom is 0.209 e. The van der Waals surface area contributed by atoms with Gasteiger partial charge in [-0.25, -0.2) is 0 Å². The summed E-state index contributed by atoms with van der Waals surface area (Å²) in [6.07, 6.45) is 3.91. The molecule has 0 aliphatic carbocycles. The lowest BCUT2D eigenvalue weighted by Gasteiger charge is -2.30. The van der Waals surface area contributed by atoms with E-state index >= 15 is 0 Å². The highest BCUT2D eigenvalue weighted by atomic mass is 79.9. The Labute approximate surface area is 96.7 Å². The van der Waals surface area contributed by atoms with E-state index in [1.165, 1.54) is 19.3 Å². The molecule has 1 aromatic rings. The number of hydrogen-bond donors (Lipinski definition) is 0. The van der Waals surface area contributed by atoms with Crippen molar-refractivity contribution < 1.29 is 0 Å². The topological polar surface area (TPSA) is 29.0 Å². The van der Waals surface area contributed by atoms with Crippen LogP contribution in [0.25, 0.3) is 0 Å². The monoisotopic (exact) mass is 275 g/mol. The standard InChI is InChI=1S/C9H14BrN3S/c1-2-7-3-5-13(6-4-7)9-12-11-8(10)14-9/h7H,2-6H2,1H3. The second-order valence-electron chi connectivity index (χ2n) is 3.68. The van der Waals surface area contributed by atoms with E-state index in [4.69, 9.17) is 0 Å². The van der Waals surface area contributed by atoms with E-state index in [1.807, 2.05) is 0 Å². The van der Waals surface area contributed by atoms with Crippen molar-refractivity contribution in [3.63, 3.8) is 0 Å². The van der Waals surface area contributed by atoms with Gasteiger partial charge in [0.2, 0.25) is 5.13 Å². The Morgan fingerprint density at radius 1 is 1.43 bits per heavy atom. The van der Waals surface area contributed by atoms with E-state index in [0.717, 1.165) is 28.1 Å². The second kappa shape index (κ2) is 4.57. The van der Waals surface area contributed by atoms with Gasteiger partial charge in [0.15, 0.2) is 3.92 Å². The molecule has 1 fully saturated rings. The van der Waals surface area contributed by atoms with Crippen molar-refractivity contribution >= 4 is 32.4 Å². The van der Waals surface area contributed by atoms with Gasteiger partial charge in [0.25, 0.3) is 0 Å². The molecule has 0 radical (unpaired) electrons. The van der Waals surface area contributed by atoms with Crippen molar-refractivity contribution in [1.82, 2.24) is 10.2 Å². The Kier molecular flexibility index (Phi) is 3.38. The van der Waals surface area contributed by atoms with Gasteiger partial charge < -0.3 is 4.90 Å². The molecule has 5 heteroatoms. The summed E-state index contributed by atoms with van der Waals surface area (Å²) in [6.45, 7) is 4.56. The third-order valence-corrected chi connectivity index (χ3v) is 4.27. The van der Waals surface area contributed by atoms with Crippen molar-refractivity contribution in [2.24, 2.45) is 5.92 Å². The molecule has 1 aromatic heterocycles. The van der Waals surface area contributed by atoms with E-state index in [1.54, 1.807) is 11.3 Å². The molecule has 78 valence electrons. The molecule has 0 amide bonds. The Bertz CT molecular complexity index is 294. The predicted molar refractivity (Wildman–Crippen MR) is 62.8 cm³/mol. The Hall–Kier alpha value is -0.160. The Morgan fingerprint density at radius 3 is 2.64 bits per heavy atom. The summed E-state index contributed by atoms with van der Waals surface area (Å²) >= 11 is 4.97. The van der Waals surface area contributed by atoms with Crippen LogP contribution in [0.5, 0.6) is 0 Å². The number of hydrogen-bond acceptors (Lipinski definition) is 4. The van der Waals surface area contributed by atoms with Gasteiger partial charge in [-0.3, -0.25) is 0 Å². The van der Waals surface area contributed by atoms with Crippen LogP contribution in [0.4, 0.5) is 5.13 Å². The van der Waals surface area contributed by atoms with Gasteiger partial charge in [-0.2, -0.15) is 0 Å². The van der Waals surface area contributed by atoms with Gasteiger partial charge in [-0.05, 0) is 34.7 Å². The number of anilines is 1.